The van der Waals surface area contributed by atoms with Crippen LogP contribution in [0.4, 0.5) is 5.69 Å². The van der Waals surface area contributed by atoms with Gasteiger partial charge in [-0.3, -0.25) is 4.79 Å². The van der Waals surface area contributed by atoms with Gasteiger partial charge in [0.05, 0.1) is 18.4 Å². The molecule has 0 spiro atoms. The molecule has 20 heavy (non-hydrogen) atoms. The molecule has 0 saturated heterocycles. The Morgan fingerprint density at radius 1 is 1.30 bits per heavy atom. The molecule has 0 aromatic heterocycles. The Kier molecular flexibility index (Phi) is 4.96. The van der Waals surface area contributed by atoms with Crippen LogP contribution >= 0.6 is 0 Å². The summed E-state index contributed by atoms with van der Waals surface area (Å²) in [6.07, 6.45) is 0. The van der Waals surface area contributed by atoms with Crippen molar-refractivity contribution < 1.29 is 19.1 Å². The highest BCUT2D eigenvalue weighted by Crippen LogP contribution is 2.22. The number of carbonyl (C=O) groups is 2. The van der Waals surface area contributed by atoms with Gasteiger partial charge in [-0.1, -0.05) is 0 Å². The third-order valence-corrected chi connectivity index (χ3v) is 2.30. The molecule has 0 radical (unpaired) electrons. The highest BCUT2D eigenvalue weighted by molar-refractivity contribution is 5.91. The number of nitrogens with one attached hydrogen (secondary N) is 1. The summed E-state index contributed by atoms with van der Waals surface area (Å²) in [6.45, 7) is 5.50. The van der Waals surface area contributed by atoms with Crippen LogP contribution in [-0.2, 0) is 9.53 Å². The number of hydrogen-bond donors (Lipinski definition) is 2. The second-order valence-electron chi connectivity index (χ2n) is 5.33. The Morgan fingerprint density at radius 3 is 2.45 bits per heavy atom. The van der Waals surface area contributed by atoms with Crippen molar-refractivity contribution in [3.63, 3.8) is 0 Å². The number of methoxy groups -OCH3 is 1. The van der Waals surface area contributed by atoms with E-state index in [1.165, 1.54) is 25.3 Å². The average molecular weight is 280 g/mol. The van der Waals surface area contributed by atoms with Crippen LogP contribution < -0.4 is 15.8 Å². The smallest absolute Gasteiger partial charge is 0.337 e. The van der Waals surface area contributed by atoms with E-state index in [-0.39, 0.29) is 23.7 Å². The zero-order valence-electron chi connectivity index (χ0n) is 12.1. The van der Waals surface area contributed by atoms with E-state index in [1.807, 2.05) is 20.8 Å². The van der Waals surface area contributed by atoms with Gasteiger partial charge < -0.3 is 20.5 Å². The van der Waals surface area contributed by atoms with Gasteiger partial charge in [0, 0.05) is 5.54 Å². The number of rotatable bonds is 4. The van der Waals surface area contributed by atoms with Gasteiger partial charge in [-0.15, -0.1) is 0 Å². The molecule has 0 aliphatic rings. The highest BCUT2D eigenvalue weighted by atomic mass is 16.5. The fraction of sp³-hybridized carbons (Fsp3) is 0.429. The fourth-order valence-corrected chi connectivity index (χ4v) is 1.52. The van der Waals surface area contributed by atoms with E-state index < -0.39 is 5.97 Å². The van der Waals surface area contributed by atoms with Gasteiger partial charge in [-0.25, -0.2) is 4.79 Å². The number of anilines is 1. The lowest BCUT2D eigenvalue weighted by atomic mass is 10.1. The number of nitrogen functional groups attached to an aromatic ring is 1. The van der Waals surface area contributed by atoms with Crippen molar-refractivity contribution in [3.8, 4) is 5.75 Å². The predicted molar refractivity (Wildman–Crippen MR) is 75.6 cm³/mol. The number of esters is 1. The van der Waals surface area contributed by atoms with Gasteiger partial charge in [-0.2, -0.15) is 0 Å². The molecule has 0 aliphatic carbocycles. The topological polar surface area (TPSA) is 90.6 Å². The van der Waals surface area contributed by atoms with Crippen LogP contribution in [0.3, 0.4) is 0 Å². The van der Waals surface area contributed by atoms with Crippen molar-refractivity contribution in [2.24, 2.45) is 0 Å². The summed E-state index contributed by atoms with van der Waals surface area (Å²) < 4.78 is 9.91. The number of ether oxygens (including phenoxy) is 2. The number of carbonyl (C=O) groups excluding carboxylic acids is 2. The molecule has 0 heterocycles. The molecule has 0 saturated carbocycles. The van der Waals surface area contributed by atoms with Gasteiger partial charge in [0.1, 0.15) is 5.75 Å². The Balaban J connectivity index is 2.66. The molecule has 0 unspecified atom stereocenters. The summed E-state index contributed by atoms with van der Waals surface area (Å²) in [5, 5.41) is 2.77. The van der Waals surface area contributed by atoms with Crippen molar-refractivity contribution >= 4 is 17.6 Å². The number of nitrogens with two attached hydrogens (primary N) is 1. The zero-order valence-corrected chi connectivity index (χ0v) is 12.1. The summed E-state index contributed by atoms with van der Waals surface area (Å²) in [7, 11) is 1.29. The lowest BCUT2D eigenvalue weighted by Gasteiger charge is -2.20. The fourth-order valence-electron chi connectivity index (χ4n) is 1.52. The zero-order chi connectivity index (χ0) is 15.3. The first-order valence-corrected chi connectivity index (χ1v) is 6.14. The van der Waals surface area contributed by atoms with Crippen LogP contribution in [0.1, 0.15) is 31.1 Å². The largest absolute Gasteiger partial charge is 0.482 e. The van der Waals surface area contributed by atoms with Crippen LogP contribution in [0, 0.1) is 0 Å². The van der Waals surface area contributed by atoms with Crippen molar-refractivity contribution in [1.82, 2.24) is 5.32 Å². The minimum atomic E-state index is -0.478. The summed E-state index contributed by atoms with van der Waals surface area (Å²) >= 11 is 0. The minimum Gasteiger partial charge on any atom is -0.482 e. The van der Waals surface area contributed by atoms with Crippen LogP contribution in [0.15, 0.2) is 18.2 Å². The summed E-state index contributed by atoms with van der Waals surface area (Å²) in [5.41, 5.74) is 6.05. The van der Waals surface area contributed by atoms with Crippen molar-refractivity contribution in [1.29, 1.82) is 0 Å². The van der Waals surface area contributed by atoms with Crippen LogP contribution in [0.2, 0.25) is 0 Å². The number of amides is 1. The van der Waals surface area contributed by atoms with E-state index in [9.17, 15) is 9.59 Å². The van der Waals surface area contributed by atoms with Crippen molar-refractivity contribution in [2.45, 2.75) is 26.3 Å². The van der Waals surface area contributed by atoms with Crippen molar-refractivity contribution in [3.05, 3.63) is 23.8 Å². The maximum absolute atomic E-state index is 11.6. The van der Waals surface area contributed by atoms with Gasteiger partial charge in [-0.05, 0) is 39.0 Å². The molecule has 1 aromatic rings. The summed E-state index contributed by atoms with van der Waals surface area (Å²) in [4.78, 5) is 22.9. The molecule has 1 rings (SSSR count). The first-order chi connectivity index (χ1) is 9.23. The highest BCUT2D eigenvalue weighted by Gasteiger charge is 2.15. The number of benzene rings is 1. The van der Waals surface area contributed by atoms with Crippen LogP contribution in [-0.4, -0.2) is 31.1 Å². The van der Waals surface area contributed by atoms with E-state index >= 15 is 0 Å². The third-order valence-electron chi connectivity index (χ3n) is 2.30. The molecule has 3 N–H and O–H groups in total. The van der Waals surface area contributed by atoms with Crippen molar-refractivity contribution in [2.75, 3.05) is 19.5 Å². The molecule has 1 aromatic carbocycles. The maximum atomic E-state index is 11.6. The predicted octanol–water partition coefficient (Wildman–Crippen LogP) is 1.35. The van der Waals surface area contributed by atoms with Gasteiger partial charge in [0.25, 0.3) is 5.91 Å². The Bertz CT molecular complexity index is 506. The second-order valence-corrected chi connectivity index (χ2v) is 5.33. The molecule has 0 bridgehead atoms. The average Bonchev–Trinajstić information content (AvgIpc) is 2.34. The lowest BCUT2D eigenvalue weighted by molar-refractivity contribution is -0.124. The molecule has 0 atom stereocenters. The van der Waals surface area contributed by atoms with Gasteiger partial charge in [0.2, 0.25) is 0 Å². The second kappa shape index (κ2) is 6.27. The van der Waals surface area contributed by atoms with E-state index in [2.05, 4.69) is 10.1 Å². The Hall–Kier alpha value is -2.24. The molecule has 0 aliphatic heterocycles. The van der Waals surface area contributed by atoms with Gasteiger partial charge in [0.15, 0.2) is 6.61 Å². The molecule has 6 nitrogen and oxygen atoms in total. The SMILES string of the molecule is COC(=O)c1ccc(OCC(=O)NC(C)(C)C)c(N)c1. The minimum absolute atomic E-state index is 0.140. The standard InChI is InChI=1S/C14H20N2O4/c1-14(2,3)16-12(17)8-20-11-6-5-9(7-10(11)15)13(18)19-4/h5-7H,8,15H2,1-4H3,(H,16,17). The Labute approximate surface area is 118 Å². The van der Waals surface area contributed by atoms with E-state index in [0.29, 0.717) is 11.3 Å². The Morgan fingerprint density at radius 2 is 1.95 bits per heavy atom. The summed E-state index contributed by atoms with van der Waals surface area (Å²) in [6, 6.07) is 4.51. The van der Waals surface area contributed by atoms with E-state index in [1.54, 1.807) is 0 Å². The van der Waals surface area contributed by atoms with E-state index in [0.717, 1.165) is 0 Å². The third kappa shape index (κ3) is 4.79. The van der Waals surface area contributed by atoms with E-state index in [4.69, 9.17) is 10.5 Å². The number of hydrogen-bond acceptors (Lipinski definition) is 5. The molecular formula is C14H20N2O4. The summed E-state index contributed by atoms with van der Waals surface area (Å²) in [5.74, 6) is -0.371. The molecule has 6 heteroatoms. The molecule has 110 valence electrons. The van der Waals surface area contributed by atoms with Crippen LogP contribution in [0.5, 0.6) is 5.75 Å². The molecule has 1 amide bonds. The van der Waals surface area contributed by atoms with Gasteiger partial charge >= 0.3 is 5.97 Å². The molecular weight excluding hydrogens is 260 g/mol. The monoisotopic (exact) mass is 280 g/mol. The van der Waals surface area contributed by atoms with Crippen LogP contribution in [0.25, 0.3) is 0 Å². The normalized spacial score (nSPS) is 10.8. The quantitative estimate of drug-likeness (QED) is 0.641. The first kappa shape index (κ1) is 15.8. The maximum Gasteiger partial charge on any atom is 0.337 e. The lowest BCUT2D eigenvalue weighted by Crippen LogP contribution is -2.43. The first-order valence-electron chi connectivity index (χ1n) is 6.14. The molecule has 0 fully saturated rings.